The van der Waals surface area contributed by atoms with Gasteiger partial charge in [0, 0.05) is 34.5 Å². The number of anilines is 3. The molecular weight excluding hydrogens is 449 g/mol. The summed E-state index contributed by atoms with van der Waals surface area (Å²) in [6, 6.07) is 10.8. The maximum absolute atomic E-state index is 12.8. The summed E-state index contributed by atoms with van der Waals surface area (Å²) in [5, 5.41) is 3.32. The Hall–Kier alpha value is -2.00. The highest BCUT2D eigenvalue weighted by Crippen LogP contribution is 2.29. The SMILES string of the molecule is C[C@@H](C(=O)Nc1ccc(N2CCOCC2)cc1)N(c1cc(Cl)cc(Cl)c1)S(C)(=O)=O. The fourth-order valence-corrected chi connectivity index (χ4v) is 4.97. The summed E-state index contributed by atoms with van der Waals surface area (Å²) in [7, 11) is -3.77. The molecule has 3 rings (SSSR count). The molecule has 1 saturated heterocycles. The molecule has 0 aliphatic carbocycles. The number of hydrogen-bond acceptors (Lipinski definition) is 5. The Bertz CT molecular complexity index is 989. The predicted molar refractivity (Wildman–Crippen MR) is 121 cm³/mol. The van der Waals surface area contributed by atoms with Crippen LogP contribution in [0.2, 0.25) is 10.0 Å². The topological polar surface area (TPSA) is 79.0 Å². The van der Waals surface area contributed by atoms with Crippen molar-refractivity contribution in [2.75, 3.05) is 47.1 Å². The summed E-state index contributed by atoms with van der Waals surface area (Å²) >= 11 is 12.0. The lowest BCUT2D eigenvalue weighted by Gasteiger charge is -2.29. The number of rotatable bonds is 6. The molecule has 1 amide bonds. The van der Waals surface area contributed by atoms with Gasteiger partial charge in [-0.15, -0.1) is 0 Å². The second-order valence-corrected chi connectivity index (χ2v) is 9.73. The van der Waals surface area contributed by atoms with Gasteiger partial charge >= 0.3 is 0 Å². The van der Waals surface area contributed by atoms with E-state index in [9.17, 15) is 13.2 Å². The van der Waals surface area contributed by atoms with Gasteiger partial charge in [0.15, 0.2) is 0 Å². The van der Waals surface area contributed by atoms with E-state index in [0.717, 1.165) is 29.3 Å². The molecule has 0 unspecified atom stereocenters. The van der Waals surface area contributed by atoms with Crippen molar-refractivity contribution in [1.29, 1.82) is 0 Å². The average Bonchev–Trinajstić information content (AvgIpc) is 2.67. The molecular formula is C20H23Cl2N3O4S. The monoisotopic (exact) mass is 471 g/mol. The Labute approximate surface area is 186 Å². The van der Waals surface area contributed by atoms with Crippen LogP contribution in [0.4, 0.5) is 17.1 Å². The number of ether oxygens (including phenoxy) is 1. The molecule has 0 radical (unpaired) electrons. The molecule has 1 aliphatic heterocycles. The van der Waals surface area contributed by atoms with Crippen LogP contribution < -0.4 is 14.5 Å². The molecule has 1 fully saturated rings. The number of hydrogen-bond donors (Lipinski definition) is 1. The minimum Gasteiger partial charge on any atom is -0.378 e. The van der Waals surface area contributed by atoms with E-state index in [2.05, 4.69) is 10.2 Å². The van der Waals surface area contributed by atoms with E-state index >= 15 is 0 Å². The summed E-state index contributed by atoms with van der Waals surface area (Å²) < 4.78 is 31.2. The Morgan fingerprint density at radius 3 is 2.20 bits per heavy atom. The quantitative estimate of drug-likeness (QED) is 0.695. The highest BCUT2D eigenvalue weighted by molar-refractivity contribution is 7.92. The normalized spacial score (nSPS) is 15.5. The van der Waals surface area contributed by atoms with Crippen molar-refractivity contribution in [3.05, 3.63) is 52.5 Å². The van der Waals surface area contributed by atoms with Crippen LogP contribution in [0.5, 0.6) is 0 Å². The van der Waals surface area contributed by atoms with Gasteiger partial charge in [-0.05, 0) is 49.4 Å². The Kier molecular flexibility index (Phi) is 7.13. The molecule has 1 atom stereocenters. The number of benzene rings is 2. The number of sulfonamides is 1. The van der Waals surface area contributed by atoms with Crippen LogP contribution in [-0.2, 0) is 19.6 Å². The van der Waals surface area contributed by atoms with Crippen molar-refractivity contribution in [3.63, 3.8) is 0 Å². The van der Waals surface area contributed by atoms with Crippen molar-refractivity contribution in [3.8, 4) is 0 Å². The third-order valence-corrected chi connectivity index (χ3v) is 6.38. The molecule has 1 aliphatic rings. The van der Waals surface area contributed by atoms with E-state index in [-0.39, 0.29) is 15.7 Å². The van der Waals surface area contributed by atoms with E-state index in [1.807, 2.05) is 12.1 Å². The maximum Gasteiger partial charge on any atom is 0.247 e. The molecule has 2 aromatic rings. The third-order valence-electron chi connectivity index (χ3n) is 4.70. The fraction of sp³-hybridized carbons (Fsp3) is 0.350. The third kappa shape index (κ3) is 5.57. The first kappa shape index (κ1) is 22.7. The fourth-order valence-electron chi connectivity index (χ4n) is 3.30. The first-order valence-electron chi connectivity index (χ1n) is 9.34. The van der Waals surface area contributed by atoms with Gasteiger partial charge in [0.1, 0.15) is 6.04 Å². The summed E-state index contributed by atoms with van der Waals surface area (Å²) in [6.07, 6.45) is 1.03. The summed E-state index contributed by atoms with van der Waals surface area (Å²) in [5.41, 5.74) is 1.83. The lowest BCUT2D eigenvalue weighted by atomic mass is 10.2. The van der Waals surface area contributed by atoms with Gasteiger partial charge in [-0.2, -0.15) is 0 Å². The Morgan fingerprint density at radius 2 is 1.67 bits per heavy atom. The van der Waals surface area contributed by atoms with Gasteiger partial charge in [0.25, 0.3) is 0 Å². The summed E-state index contributed by atoms with van der Waals surface area (Å²) in [4.78, 5) is 15.0. The highest BCUT2D eigenvalue weighted by Gasteiger charge is 2.29. The van der Waals surface area contributed by atoms with Crippen molar-refractivity contribution in [1.82, 2.24) is 0 Å². The number of carbonyl (C=O) groups excluding carboxylic acids is 1. The zero-order valence-electron chi connectivity index (χ0n) is 16.6. The second-order valence-electron chi connectivity index (χ2n) is 7.00. The zero-order chi connectivity index (χ0) is 21.9. The van der Waals surface area contributed by atoms with Crippen molar-refractivity contribution < 1.29 is 17.9 Å². The minimum atomic E-state index is -3.77. The average molecular weight is 472 g/mol. The molecule has 30 heavy (non-hydrogen) atoms. The van der Waals surface area contributed by atoms with Crippen LogP contribution in [-0.4, -0.2) is 52.9 Å². The molecule has 1 N–H and O–H groups in total. The molecule has 7 nitrogen and oxygen atoms in total. The lowest BCUT2D eigenvalue weighted by Crippen LogP contribution is -2.45. The number of nitrogens with zero attached hydrogens (tertiary/aromatic N) is 2. The van der Waals surface area contributed by atoms with Crippen LogP contribution in [0, 0.1) is 0 Å². The maximum atomic E-state index is 12.8. The van der Waals surface area contributed by atoms with Gasteiger partial charge in [-0.1, -0.05) is 23.2 Å². The van der Waals surface area contributed by atoms with Crippen molar-refractivity contribution in [2.45, 2.75) is 13.0 Å². The Morgan fingerprint density at radius 1 is 1.10 bits per heavy atom. The molecule has 1 heterocycles. The van der Waals surface area contributed by atoms with Crippen molar-refractivity contribution in [2.24, 2.45) is 0 Å². The molecule has 10 heteroatoms. The summed E-state index contributed by atoms with van der Waals surface area (Å²) in [6.45, 7) is 4.51. The molecule has 162 valence electrons. The van der Waals surface area contributed by atoms with E-state index in [0.29, 0.717) is 18.9 Å². The largest absolute Gasteiger partial charge is 0.378 e. The van der Waals surface area contributed by atoms with Gasteiger partial charge in [0.2, 0.25) is 15.9 Å². The van der Waals surface area contributed by atoms with Crippen molar-refractivity contribution >= 4 is 56.2 Å². The smallest absolute Gasteiger partial charge is 0.247 e. The van der Waals surface area contributed by atoms with Crippen LogP contribution in [0.3, 0.4) is 0 Å². The molecule has 2 aromatic carbocycles. The highest BCUT2D eigenvalue weighted by atomic mass is 35.5. The van der Waals surface area contributed by atoms with Gasteiger partial charge in [-0.25, -0.2) is 8.42 Å². The van der Waals surface area contributed by atoms with E-state index in [1.54, 1.807) is 12.1 Å². The van der Waals surface area contributed by atoms with E-state index in [4.69, 9.17) is 27.9 Å². The zero-order valence-corrected chi connectivity index (χ0v) is 19.0. The number of amides is 1. The Balaban J connectivity index is 1.77. The van der Waals surface area contributed by atoms with Gasteiger partial charge < -0.3 is 15.0 Å². The number of morpholine rings is 1. The van der Waals surface area contributed by atoms with E-state index in [1.165, 1.54) is 25.1 Å². The molecule has 0 bridgehead atoms. The van der Waals surface area contributed by atoms with Crippen LogP contribution in [0.15, 0.2) is 42.5 Å². The lowest BCUT2D eigenvalue weighted by molar-refractivity contribution is -0.116. The van der Waals surface area contributed by atoms with E-state index < -0.39 is 22.0 Å². The predicted octanol–water partition coefficient (Wildman–Crippen LogP) is 3.62. The molecule has 0 aromatic heterocycles. The number of carbonyl (C=O) groups is 1. The molecule has 0 saturated carbocycles. The van der Waals surface area contributed by atoms with Gasteiger partial charge in [-0.3, -0.25) is 9.10 Å². The first-order chi connectivity index (χ1) is 14.1. The number of halogens is 2. The first-order valence-corrected chi connectivity index (χ1v) is 11.9. The van der Waals surface area contributed by atoms with Gasteiger partial charge in [0.05, 0.1) is 25.2 Å². The van der Waals surface area contributed by atoms with Crippen LogP contribution in [0.25, 0.3) is 0 Å². The molecule has 0 spiro atoms. The summed E-state index contributed by atoms with van der Waals surface area (Å²) in [5.74, 6) is -0.476. The minimum absolute atomic E-state index is 0.223. The van der Waals surface area contributed by atoms with Crippen LogP contribution in [0.1, 0.15) is 6.92 Å². The number of nitrogens with one attached hydrogen (secondary N) is 1. The standard InChI is InChI=1S/C20H23Cl2N3O4S/c1-14(25(30(2,27)28)19-12-15(21)11-16(22)13-19)20(26)23-17-3-5-18(6-4-17)24-7-9-29-10-8-24/h3-6,11-14H,7-10H2,1-2H3,(H,23,26)/t14-/m0/s1. The van der Waals surface area contributed by atoms with Crippen LogP contribution >= 0.6 is 23.2 Å². The second kappa shape index (κ2) is 9.43.